The summed E-state index contributed by atoms with van der Waals surface area (Å²) in [6.07, 6.45) is -4.02. The Morgan fingerprint density at radius 3 is 2.46 bits per heavy atom. The van der Waals surface area contributed by atoms with Gasteiger partial charge in [0, 0.05) is 17.3 Å². The van der Waals surface area contributed by atoms with Crippen LogP contribution in [0, 0.1) is 0 Å². The summed E-state index contributed by atoms with van der Waals surface area (Å²) in [7, 11) is 0. The standard InChI is InChI=1S/C17H11BrClF3N2/c18-9-8-14-15(10-4-1-2-5-11(10)17(20,21)22)24-16-12(19)6-3-7-13(16)23-14/h1-7H,8-9H2. The molecule has 0 aliphatic rings. The fourth-order valence-electron chi connectivity index (χ4n) is 2.50. The molecule has 0 fully saturated rings. The van der Waals surface area contributed by atoms with Crippen LogP contribution in [0.25, 0.3) is 22.3 Å². The number of aromatic nitrogens is 2. The van der Waals surface area contributed by atoms with Crippen molar-refractivity contribution in [3.05, 3.63) is 58.7 Å². The molecule has 0 aliphatic carbocycles. The Balaban J connectivity index is 2.33. The van der Waals surface area contributed by atoms with Gasteiger partial charge in [-0.3, -0.25) is 0 Å². The highest BCUT2D eigenvalue weighted by Gasteiger charge is 2.34. The van der Waals surface area contributed by atoms with Gasteiger partial charge in [0.05, 0.1) is 27.5 Å². The average Bonchev–Trinajstić information content (AvgIpc) is 2.54. The number of aryl methyl sites for hydroxylation is 1. The van der Waals surface area contributed by atoms with Crippen molar-refractivity contribution in [1.29, 1.82) is 0 Å². The molecule has 0 aliphatic heterocycles. The monoisotopic (exact) mass is 414 g/mol. The molecule has 0 unspecified atom stereocenters. The van der Waals surface area contributed by atoms with E-state index in [1.54, 1.807) is 24.3 Å². The van der Waals surface area contributed by atoms with Crippen LogP contribution in [0.4, 0.5) is 13.2 Å². The van der Waals surface area contributed by atoms with Crippen LogP contribution >= 0.6 is 27.5 Å². The van der Waals surface area contributed by atoms with Gasteiger partial charge in [-0.15, -0.1) is 0 Å². The Bertz CT molecular complexity index is 897. The van der Waals surface area contributed by atoms with E-state index in [9.17, 15) is 13.2 Å². The van der Waals surface area contributed by atoms with E-state index in [0.29, 0.717) is 33.5 Å². The zero-order chi connectivity index (χ0) is 17.3. The highest BCUT2D eigenvalue weighted by Crippen LogP contribution is 2.38. The van der Waals surface area contributed by atoms with Gasteiger partial charge in [0.25, 0.3) is 0 Å². The molecular weight excluding hydrogens is 405 g/mol. The van der Waals surface area contributed by atoms with Crippen molar-refractivity contribution in [2.75, 3.05) is 5.33 Å². The zero-order valence-corrected chi connectivity index (χ0v) is 14.6. The van der Waals surface area contributed by atoms with Gasteiger partial charge in [0.15, 0.2) is 0 Å². The molecule has 0 spiro atoms. The lowest BCUT2D eigenvalue weighted by atomic mass is 10.0. The van der Waals surface area contributed by atoms with Crippen LogP contribution in [0.15, 0.2) is 42.5 Å². The highest BCUT2D eigenvalue weighted by atomic mass is 79.9. The van der Waals surface area contributed by atoms with Crippen LogP contribution < -0.4 is 0 Å². The number of hydrogen-bond acceptors (Lipinski definition) is 2. The normalized spacial score (nSPS) is 11.9. The van der Waals surface area contributed by atoms with E-state index in [1.165, 1.54) is 12.1 Å². The summed E-state index contributed by atoms with van der Waals surface area (Å²) in [5.74, 6) is 0. The van der Waals surface area contributed by atoms with Gasteiger partial charge >= 0.3 is 6.18 Å². The first kappa shape index (κ1) is 17.2. The number of fused-ring (bicyclic) bond motifs is 1. The minimum absolute atomic E-state index is 0.00951. The summed E-state index contributed by atoms with van der Waals surface area (Å²) in [4.78, 5) is 8.90. The maximum absolute atomic E-state index is 13.4. The molecular formula is C17H11BrClF3N2. The summed E-state index contributed by atoms with van der Waals surface area (Å²) < 4.78 is 40.1. The minimum Gasteiger partial charge on any atom is -0.249 e. The van der Waals surface area contributed by atoms with Gasteiger partial charge in [0.2, 0.25) is 0 Å². The largest absolute Gasteiger partial charge is 0.417 e. The molecule has 3 rings (SSSR count). The average molecular weight is 416 g/mol. The number of rotatable bonds is 3. The molecule has 0 atom stereocenters. The van der Waals surface area contributed by atoms with E-state index in [-0.39, 0.29) is 11.3 Å². The molecule has 2 nitrogen and oxygen atoms in total. The molecule has 7 heteroatoms. The molecule has 0 saturated heterocycles. The Morgan fingerprint density at radius 2 is 1.75 bits per heavy atom. The van der Waals surface area contributed by atoms with Crippen molar-refractivity contribution in [2.24, 2.45) is 0 Å². The van der Waals surface area contributed by atoms with Crippen LogP contribution in [-0.2, 0) is 12.6 Å². The molecule has 1 heterocycles. The lowest BCUT2D eigenvalue weighted by Crippen LogP contribution is -2.09. The van der Waals surface area contributed by atoms with Gasteiger partial charge in [0.1, 0.15) is 5.52 Å². The summed E-state index contributed by atoms with van der Waals surface area (Å²) in [5.41, 5.74) is 0.939. The van der Waals surface area contributed by atoms with Crippen LogP contribution in [-0.4, -0.2) is 15.3 Å². The third-order valence-corrected chi connectivity index (χ3v) is 4.24. The molecule has 3 aromatic rings. The molecule has 0 amide bonds. The quantitative estimate of drug-likeness (QED) is 0.497. The van der Waals surface area contributed by atoms with Crippen molar-refractivity contribution < 1.29 is 13.2 Å². The molecule has 0 N–H and O–H groups in total. The van der Waals surface area contributed by atoms with Crippen molar-refractivity contribution in [2.45, 2.75) is 12.6 Å². The Labute approximate surface area is 149 Å². The summed E-state index contributed by atoms with van der Waals surface area (Å²) in [6, 6.07) is 10.5. The number of benzene rings is 2. The summed E-state index contributed by atoms with van der Waals surface area (Å²) in [6.45, 7) is 0. The maximum Gasteiger partial charge on any atom is 0.417 e. The van der Waals surface area contributed by atoms with Crippen LogP contribution in [0.1, 0.15) is 11.3 Å². The third-order valence-electron chi connectivity index (χ3n) is 3.54. The van der Waals surface area contributed by atoms with Gasteiger partial charge < -0.3 is 0 Å². The number of halogens is 5. The van der Waals surface area contributed by atoms with E-state index >= 15 is 0 Å². The SMILES string of the molecule is FC(F)(F)c1ccccc1-c1nc2c(Cl)cccc2nc1CCBr. The first-order valence-electron chi connectivity index (χ1n) is 7.09. The molecule has 0 saturated carbocycles. The van der Waals surface area contributed by atoms with Gasteiger partial charge in [-0.05, 0) is 18.2 Å². The van der Waals surface area contributed by atoms with E-state index in [1.807, 2.05) is 0 Å². The predicted molar refractivity (Wildman–Crippen MR) is 92.5 cm³/mol. The molecule has 124 valence electrons. The van der Waals surface area contributed by atoms with Crippen LogP contribution in [0.5, 0.6) is 0 Å². The predicted octanol–water partition coefficient (Wildman–Crippen LogP) is 5.91. The lowest BCUT2D eigenvalue weighted by Gasteiger charge is -2.15. The maximum atomic E-state index is 13.4. The van der Waals surface area contributed by atoms with E-state index < -0.39 is 11.7 Å². The second-order valence-corrected chi connectivity index (χ2v) is 6.31. The highest BCUT2D eigenvalue weighted by molar-refractivity contribution is 9.09. The molecule has 1 aromatic heterocycles. The molecule has 0 radical (unpaired) electrons. The zero-order valence-electron chi connectivity index (χ0n) is 12.2. The lowest BCUT2D eigenvalue weighted by molar-refractivity contribution is -0.137. The van der Waals surface area contributed by atoms with Gasteiger partial charge in [-0.25, -0.2) is 9.97 Å². The number of para-hydroxylation sites is 1. The van der Waals surface area contributed by atoms with E-state index in [0.717, 1.165) is 6.07 Å². The van der Waals surface area contributed by atoms with Crippen molar-refractivity contribution >= 4 is 38.6 Å². The van der Waals surface area contributed by atoms with Crippen molar-refractivity contribution in [3.63, 3.8) is 0 Å². The third kappa shape index (κ3) is 3.26. The topological polar surface area (TPSA) is 25.8 Å². The molecule has 0 bridgehead atoms. The summed E-state index contributed by atoms with van der Waals surface area (Å²) in [5, 5.41) is 0.922. The van der Waals surface area contributed by atoms with E-state index in [2.05, 4.69) is 25.9 Å². The van der Waals surface area contributed by atoms with Crippen LogP contribution in [0.2, 0.25) is 5.02 Å². The van der Waals surface area contributed by atoms with Crippen molar-refractivity contribution in [3.8, 4) is 11.3 Å². The second-order valence-electron chi connectivity index (χ2n) is 5.11. The Morgan fingerprint density at radius 1 is 1.00 bits per heavy atom. The Hall–Kier alpha value is -1.66. The molecule has 24 heavy (non-hydrogen) atoms. The molecule has 2 aromatic carbocycles. The second kappa shape index (κ2) is 6.69. The fourth-order valence-corrected chi connectivity index (χ4v) is 3.08. The van der Waals surface area contributed by atoms with Crippen LogP contribution in [0.3, 0.4) is 0 Å². The fraction of sp³-hybridized carbons (Fsp3) is 0.176. The van der Waals surface area contributed by atoms with Crippen molar-refractivity contribution in [1.82, 2.24) is 9.97 Å². The van der Waals surface area contributed by atoms with Gasteiger partial charge in [-0.1, -0.05) is 51.8 Å². The summed E-state index contributed by atoms with van der Waals surface area (Å²) >= 11 is 9.45. The first-order valence-corrected chi connectivity index (χ1v) is 8.59. The van der Waals surface area contributed by atoms with Gasteiger partial charge in [-0.2, -0.15) is 13.2 Å². The number of alkyl halides is 4. The first-order chi connectivity index (χ1) is 11.4. The Kier molecular flexibility index (Phi) is 4.78. The number of hydrogen-bond donors (Lipinski definition) is 0. The number of nitrogens with zero attached hydrogens (tertiary/aromatic N) is 2. The minimum atomic E-state index is -4.47. The smallest absolute Gasteiger partial charge is 0.249 e. The van der Waals surface area contributed by atoms with E-state index in [4.69, 9.17) is 11.6 Å².